The van der Waals surface area contributed by atoms with Crippen LogP contribution in [-0.4, -0.2) is 57.7 Å². The van der Waals surface area contributed by atoms with Crippen LogP contribution in [0.3, 0.4) is 0 Å². The normalized spacial score (nSPS) is 17.6. The highest BCUT2D eigenvalue weighted by Gasteiger charge is 2.43. The predicted molar refractivity (Wildman–Crippen MR) is 181 cm³/mol. The van der Waals surface area contributed by atoms with Gasteiger partial charge in [0.1, 0.15) is 36.9 Å². The lowest BCUT2D eigenvalue weighted by Gasteiger charge is -2.30. The van der Waals surface area contributed by atoms with E-state index in [0.717, 1.165) is 0 Å². The van der Waals surface area contributed by atoms with E-state index in [2.05, 4.69) is 4.72 Å². The molecule has 0 fully saturated rings. The summed E-state index contributed by atoms with van der Waals surface area (Å²) >= 11 is 0. The Hall–Kier alpha value is -3.87. The van der Waals surface area contributed by atoms with Crippen LogP contribution in [0, 0.1) is 11.7 Å². The summed E-state index contributed by atoms with van der Waals surface area (Å²) in [6.07, 6.45) is 0.00734. The van der Waals surface area contributed by atoms with Crippen LogP contribution >= 0.6 is 0 Å². The first-order chi connectivity index (χ1) is 22.4. The van der Waals surface area contributed by atoms with Gasteiger partial charge in [-0.05, 0) is 89.6 Å². The van der Waals surface area contributed by atoms with Crippen molar-refractivity contribution in [1.82, 2.24) is 9.71 Å². The van der Waals surface area contributed by atoms with Crippen LogP contribution in [0.15, 0.2) is 48.5 Å². The number of aliphatic hydroxyl groups is 1. The summed E-state index contributed by atoms with van der Waals surface area (Å²) in [6.45, 7) is 12.9. The topological polar surface area (TPSA) is 133 Å². The fourth-order valence-corrected chi connectivity index (χ4v) is 5.84. The minimum absolute atomic E-state index is 0.0216. The van der Waals surface area contributed by atoms with Crippen LogP contribution < -0.4 is 18.9 Å². The van der Waals surface area contributed by atoms with Crippen molar-refractivity contribution in [2.45, 2.75) is 77.2 Å². The lowest BCUT2D eigenvalue weighted by Crippen LogP contribution is -2.47. The molecule has 0 aliphatic carbocycles. The van der Waals surface area contributed by atoms with Gasteiger partial charge in [-0.3, -0.25) is 9.59 Å². The largest absolute Gasteiger partial charge is 0.493 e. The monoisotopic (exact) mass is 684 g/mol. The Balaban J connectivity index is 1.57. The van der Waals surface area contributed by atoms with Gasteiger partial charge in [0.2, 0.25) is 0 Å². The number of esters is 1. The van der Waals surface area contributed by atoms with E-state index in [1.807, 2.05) is 27.7 Å². The molecule has 4 rings (SSSR count). The maximum atomic E-state index is 13.8. The van der Waals surface area contributed by atoms with Gasteiger partial charge in [-0.15, -0.1) is 0 Å². The van der Waals surface area contributed by atoms with E-state index >= 15 is 0 Å². The number of Topliss-reactive ketones (excluding diaryl/α,β-unsaturated/α-hetero) is 1. The Morgan fingerprint density at radius 1 is 1.08 bits per heavy atom. The van der Waals surface area contributed by atoms with Gasteiger partial charge in [-0.25, -0.2) is 18.3 Å². The average molecular weight is 685 g/mol. The van der Waals surface area contributed by atoms with E-state index in [-0.39, 0.29) is 56.0 Å². The maximum Gasteiger partial charge on any atom is 0.308 e. The van der Waals surface area contributed by atoms with Crippen molar-refractivity contribution in [1.29, 1.82) is 0 Å². The SMILES string of the molecule is COc1cc(C(=O)CCC(C)(O)c2cc3c(c(-c4ccc(F)cc4)n2)OCC3(C)NS(=O)C(C)(C)C)ccc1OCCOC(=O)C(C)C. The van der Waals surface area contributed by atoms with Crippen LogP contribution in [0.25, 0.3) is 11.3 Å². The van der Waals surface area contributed by atoms with E-state index < -0.39 is 32.7 Å². The second kappa shape index (κ2) is 14.7. The number of ketones is 1. The third-order valence-electron chi connectivity index (χ3n) is 8.00. The Morgan fingerprint density at radius 3 is 2.40 bits per heavy atom. The molecule has 0 spiro atoms. The minimum Gasteiger partial charge on any atom is -0.493 e. The Kier molecular flexibility index (Phi) is 11.3. The molecule has 0 amide bonds. The maximum absolute atomic E-state index is 13.8. The lowest BCUT2D eigenvalue weighted by atomic mass is 9.88. The number of ether oxygens (including phenoxy) is 4. The molecule has 1 aromatic heterocycles. The molecule has 3 aromatic rings. The van der Waals surface area contributed by atoms with Gasteiger partial charge in [-0.2, -0.15) is 0 Å². The molecule has 0 saturated heterocycles. The van der Waals surface area contributed by atoms with Crippen molar-refractivity contribution in [3.63, 3.8) is 0 Å². The number of hydrogen-bond acceptors (Lipinski definition) is 9. The van der Waals surface area contributed by atoms with Crippen LogP contribution in [0.2, 0.25) is 0 Å². The zero-order valence-electron chi connectivity index (χ0n) is 28.8. The number of pyridine rings is 1. The van der Waals surface area contributed by atoms with E-state index in [4.69, 9.17) is 23.9 Å². The molecule has 0 bridgehead atoms. The number of fused-ring (bicyclic) bond motifs is 1. The fourth-order valence-electron chi connectivity index (χ4n) is 4.96. The molecule has 10 nitrogen and oxygen atoms in total. The predicted octanol–water partition coefficient (Wildman–Crippen LogP) is 6.00. The van der Waals surface area contributed by atoms with Gasteiger partial charge >= 0.3 is 5.97 Å². The first-order valence-corrected chi connectivity index (χ1v) is 17.0. The van der Waals surface area contributed by atoms with E-state index in [9.17, 15) is 23.3 Å². The summed E-state index contributed by atoms with van der Waals surface area (Å²) in [5.74, 6) is -0.0204. The molecule has 1 aliphatic heterocycles. The molecule has 3 unspecified atom stereocenters. The second-order valence-corrected chi connectivity index (χ2v) is 15.5. The molecule has 48 heavy (non-hydrogen) atoms. The van der Waals surface area contributed by atoms with E-state index in [1.54, 1.807) is 57.2 Å². The summed E-state index contributed by atoms with van der Waals surface area (Å²) in [5.41, 5.74) is -0.168. The quantitative estimate of drug-likeness (QED) is 0.119. The lowest BCUT2D eigenvalue weighted by molar-refractivity contribution is -0.148. The number of rotatable bonds is 14. The molecule has 260 valence electrons. The molecule has 12 heteroatoms. The smallest absolute Gasteiger partial charge is 0.308 e. The number of halogens is 1. The number of nitrogens with one attached hydrogen (secondary N) is 1. The highest BCUT2D eigenvalue weighted by atomic mass is 32.2. The van der Waals surface area contributed by atoms with E-state index in [0.29, 0.717) is 39.6 Å². The Bertz CT molecular complexity index is 1670. The zero-order valence-corrected chi connectivity index (χ0v) is 29.6. The second-order valence-electron chi connectivity index (χ2n) is 13.6. The fraction of sp³-hybridized carbons (Fsp3) is 0.472. The number of benzene rings is 2. The van der Waals surface area contributed by atoms with Gasteiger partial charge in [0, 0.05) is 23.1 Å². The summed E-state index contributed by atoms with van der Waals surface area (Å²) in [5, 5.41) is 11.8. The van der Waals surface area contributed by atoms with Crippen LogP contribution in [-0.2, 0) is 31.7 Å². The van der Waals surface area contributed by atoms with Crippen LogP contribution in [0.1, 0.15) is 82.9 Å². The number of aromatic nitrogens is 1. The third kappa shape index (κ3) is 8.58. The number of hydrogen-bond donors (Lipinski definition) is 2. The average Bonchev–Trinajstić information content (AvgIpc) is 3.37. The molecule has 2 N–H and O–H groups in total. The van der Waals surface area contributed by atoms with Gasteiger partial charge < -0.3 is 24.1 Å². The number of methoxy groups -OCH3 is 1. The first kappa shape index (κ1) is 37.0. The van der Waals surface area contributed by atoms with Crippen LogP contribution in [0.5, 0.6) is 17.2 Å². The number of carbonyl (C=O) groups excluding carboxylic acids is 2. The highest BCUT2D eigenvalue weighted by Crippen LogP contribution is 2.45. The van der Waals surface area contributed by atoms with Crippen molar-refractivity contribution in [2.24, 2.45) is 5.92 Å². The van der Waals surface area contributed by atoms with Gasteiger partial charge in [0.25, 0.3) is 0 Å². The minimum atomic E-state index is -1.56. The van der Waals surface area contributed by atoms with E-state index in [1.165, 1.54) is 19.2 Å². The van der Waals surface area contributed by atoms with Crippen molar-refractivity contribution < 1.29 is 42.2 Å². The van der Waals surface area contributed by atoms with Crippen molar-refractivity contribution in [2.75, 3.05) is 26.9 Å². The van der Waals surface area contributed by atoms with Crippen molar-refractivity contribution in [3.8, 4) is 28.5 Å². The van der Waals surface area contributed by atoms with Gasteiger partial charge in [0.05, 0.1) is 40.0 Å². The Labute approximate surface area is 283 Å². The first-order valence-electron chi connectivity index (χ1n) is 15.8. The summed E-state index contributed by atoms with van der Waals surface area (Å²) < 4.78 is 52.0. The molecule has 0 saturated carbocycles. The van der Waals surface area contributed by atoms with Crippen molar-refractivity contribution in [3.05, 3.63) is 71.2 Å². The third-order valence-corrected chi connectivity index (χ3v) is 9.75. The highest BCUT2D eigenvalue weighted by molar-refractivity contribution is 7.84. The molecule has 2 heterocycles. The Morgan fingerprint density at radius 2 is 1.77 bits per heavy atom. The number of carbonyl (C=O) groups is 2. The standard InChI is InChI=1S/C36H45FN2O8S/c1-22(2)33(41)46-18-17-45-28-14-11-24(19-29(28)44-8)27(40)15-16-36(7,42)30-20-26-32(31(38-30)23-9-12-25(37)13-10-23)47-21-35(26,6)39-48(43)34(3,4)5/h9-14,19-20,22,39,42H,15-18,21H2,1-8H3. The number of nitrogens with zero attached hydrogens (tertiary/aromatic N) is 1. The molecule has 1 aliphatic rings. The summed E-state index contributed by atoms with van der Waals surface area (Å²) in [4.78, 5) is 29.8. The van der Waals surface area contributed by atoms with Crippen molar-refractivity contribution >= 4 is 22.7 Å². The molecular weight excluding hydrogens is 639 g/mol. The summed E-state index contributed by atoms with van der Waals surface area (Å²) in [6, 6.07) is 12.3. The molecule has 3 atom stereocenters. The summed E-state index contributed by atoms with van der Waals surface area (Å²) in [7, 11) is 0.0162. The molecule has 2 aromatic carbocycles. The molecule has 0 radical (unpaired) electrons. The zero-order chi connectivity index (χ0) is 35.4. The van der Waals surface area contributed by atoms with Gasteiger partial charge in [-0.1, -0.05) is 13.8 Å². The molecular formula is C36H45FN2O8S. The van der Waals surface area contributed by atoms with Crippen LogP contribution in [0.4, 0.5) is 4.39 Å². The van der Waals surface area contributed by atoms with Gasteiger partial charge in [0.15, 0.2) is 23.0 Å².